The molecule has 21 heavy (non-hydrogen) atoms. The minimum atomic E-state index is 0.864. The molecular formula is C17H18BrN3. The Balaban J connectivity index is 2.05. The smallest absolute Gasteiger partial charge is 0.100 e. The first-order valence-corrected chi connectivity index (χ1v) is 8.00. The van der Waals surface area contributed by atoms with Gasteiger partial charge in [0, 0.05) is 11.0 Å². The van der Waals surface area contributed by atoms with Gasteiger partial charge >= 0.3 is 0 Å². The van der Waals surface area contributed by atoms with Gasteiger partial charge in [0.2, 0.25) is 0 Å². The van der Waals surface area contributed by atoms with Crippen molar-refractivity contribution in [2.45, 2.75) is 19.9 Å². The first-order chi connectivity index (χ1) is 10.3. The highest BCUT2D eigenvalue weighted by Crippen LogP contribution is 2.24. The number of hydrogen-bond acceptors (Lipinski definition) is 2. The molecule has 0 aliphatic rings. The van der Waals surface area contributed by atoms with Gasteiger partial charge in [-0.3, -0.25) is 4.57 Å². The number of imidazole rings is 1. The molecule has 0 atom stereocenters. The molecule has 0 aliphatic carbocycles. The van der Waals surface area contributed by atoms with Crippen LogP contribution in [0.4, 0.5) is 0 Å². The van der Waals surface area contributed by atoms with Crippen LogP contribution in [0.5, 0.6) is 0 Å². The van der Waals surface area contributed by atoms with Crippen LogP contribution in [0.3, 0.4) is 0 Å². The summed E-state index contributed by atoms with van der Waals surface area (Å²) in [6, 6.07) is 14.6. The molecule has 3 rings (SSSR count). The average Bonchev–Trinajstić information content (AvgIpc) is 2.93. The normalized spacial score (nSPS) is 11.1. The number of halogens is 1. The van der Waals surface area contributed by atoms with Crippen molar-refractivity contribution in [1.29, 1.82) is 0 Å². The van der Waals surface area contributed by atoms with E-state index in [9.17, 15) is 0 Å². The van der Waals surface area contributed by atoms with E-state index >= 15 is 0 Å². The second kappa shape index (κ2) is 6.41. The van der Waals surface area contributed by atoms with Crippen molar-refractivity contribution < 1.29 is 0 Å². The number of benzene rings is 2. The number of aromatic nitrogens is 2. The zero-order valence-electron chi connectivity index (χ0n) is 12.0. The van der Waals surface area contributed by atoms with E-state index in [1.165, 1.54) is 11.3 Å². The maximum atomic E-state index is 4.49. The van der Waals surface area contributed by atoms with Gasteiger partial charge in [0.1, 0.15) is 6.33 Å². The molecule has 1 N–H and O–H groups in total. The van der Waals surface area contributed by atoms with Crippen LogP contribution in [0.1, 0.15) is 18.9 Å². The van der Waals surface area contributed by atoms with Crippen molar-refractivity contribution in [2.24, 2.45) is 0 Å². The highest BCUT2D eigenvalue weighted by atomic mass is 79.9. The van der Waals surface area contributed by atoms with Crippen molar-refractivity contribution in [3.8, 4) is 5.69 Å². The van der Waals surface area contributed by atoms with Gasteiger partial charge in [0.15, 0.2) is 0 Å². The summed E-state index contributed by atoms with van der Waals surface area (Å²) in [5.41, 5.74) is 4.59. The molecule has 0 fully saturated rings. The van der Waals surface area contributed by atoms with E-state index in [-0.39, 0.29) is 0 Å². The van der Waals surface area contributed by atoms with Gasteiger partial charge in [0.05, 0.1) is 16.7 Å². The van der Waals surface area contributed by atoms with E-state index < -0.39 is 0 Å². The van der Waals surface area contributed by atoms with Crippen LogP contribution in [0.25, 0.3) is 16.7 Å². The Morgan fingerprint density at radius 3 is 2.90 bits per heavy atom. The standard InChI is InChI=1S/C17H18BrN3/c1-2-9-19-11-13-7-8-14(18)10-17(13)21-12-20-15-5-3-4-6-16(15)21/h3-8,10,12,19H,2,9,11H2,1H3. The third-order valence-corrected chi connectivity index (χ3v) is 4.00. The Bertz CT molecular complexity index is 749. The van der Waals surface area contributed by atoms with Gasteiger partial charge in [-0.15, -0.1) is 0 Å². The minimum absolute atomic E-state index is 0.864. The van der Waals surface area contributed by atoms with Crippen LogP contribution < -0.4 is 5.32 Å². The van der Waals surface area contributed by atoms with Gasteiger partial charge in [-0.1, -0.05) is 41.1 Å². The molecular weight excluding hydrogens is 326 g/mol. The molecule has 0 saturated heterocycles. The number of nitrogens with zero attached hydrogens (tertiary/aromatic N) is 2. The van der Waals surface area contributed by atoms with Crippen LogP contribution in [-0.4, -0.2) is 16.1 Å². The van der Waals surface area contributed by atoms with Gasteiger partial charge in [0.25, 0.3) is 0 Å². The molecule has 0 saturated carbocycles. The largest absolute Gasteiger partial charge is 0.313 e. The van der Waals surface area contributed by atoms with Crippen LogP contribution >= 0.6 is 15.9 Å². The summed E-state index contributed by atoms with van der Waals surface area (Å²) in [6.45, 7) is 4.07. The van der Waals surface area contributed by atoms with Crippen LogP contribution in [0.2, 0.25) is 0 Å². The van der Waals surface area contributed by atoms with Crippen molar-refractivity contribution >= 4 is 27.0 Å². The predicted octanol–water partition coefficient (Wildman–Crippen LogP) is 4.29. The molecule has 2 aromatic carbocycles. The Labute approximate surface area is 133 Å². The highest BCUT2D eigenvalue weighted by Gasteiger charge is 2.09. The summed E-state index contributed by atoms with van der Waals surface area (Å²) in [7, 11) is 0. The van der Waals surface area contributed by atoms with Crippen molar-refractivity contribution in [2.75, 3.05) is 6.54 Å². The Hall–Kier alpha value is -1.65. The second-order valence-corrected chi connectivity index (χ2v) is 5.97. The number of fused-ring (bicyclic) bond motifs is 1. The Morgan fingerprint density at radius 2 is 2.05 bits per heavy atom. The summed E-state index contributed by atoms with van der Waals surface area (Å²) in [4.78, 5) is 4.49. The fourth-order valence-electron chi connectivity index (χ4n) is 2.46. The number of rotatable bonds is 5. The van der Waals surface area contributed by atoms with Crippen molar-refractivity contribution in [3.63, 3.8) is 0 Å². The fourth-order valence-corrected chi connectivity index (χ4v) is 2.81. The topological polar surface area (TPSA) is 29.9 Å². The number of para-hydroxylation sites is 2. The molecule has 0 bridgehead atoms. The lowest BCUT2D eigenvalue weighted by Gasteiger charge is -2.13. The SMILES string of the molecule is CCCNCc1ccc(Br)cc1-n1cnc2ccccc21. The first kappa shape index (κ1) is 14.3. The lowest BCUT2D eigenvalue weighted by Crippen LogP contribution is -2.15. The molecule has 0 spiro atoms. The third-order valence-electron chi connectivity index (χ3n) is 3.50. The molecule has 0 amide bonds. The van der Waals surface area contributed by atoms with Gasteiger partial charge < -0.3 is 5.32 Å². The van der Waals surface area contributed by atoms with E-state index in [2.05, 4.69) is 62.0 Å². The van der Waals surface area contributed by atoms with E-state index in [1.54, 1.807) is 0 Å². The second-order valence-electron chi connectivity index (χ2n) is 5.05. The van der Waals surface area contributed by atoms with Crippen molar-refractivity contribution in [3.05, 3.63) is 58.8 Å². The third kappa shape index (κ3) is 3.01. The van der Waals surface area contributed by atoms with Crippen LogP contribution in [0, 0.1) is 0 Å². The zero-order valence-corrected chi connectivity index (χ0v) is 13.6. The van der Waals surface area contributed by atoms with E-state index in [0.29, 0.717) is 0 Å². The molecule has 3 nitrogen and oxygen atoms in total. The molecule has 1 heterocycles. The lowest BCUT2D eigenvalue weighted by atomic mass is 10.1. The summed E-state index contributed by atoms with van der Waals surface area (Å²) in [5, 5.41) is 3.47. The molecule has 4 heteroatoms. The van der Waals surface area contributed by atoms with E-state index in [0.717, 1.165) is 35.0 Å². The highest BCUT2D eigenvalue weighted by molar-refractivity contribution is 9.10. The maximum absolute atomic E-state index is 4.49. The fraction of sp³-hybridized carbons (Fsp3) is 0.235. The van der Waals surface area contributed by atoms with Crippen molar-refractivity contribution in [1.82, 2.24) is 14.9 Å². The predicted molar refractivity (Wildman–Crippen MR) is 90.8 cm³/mol. The summed E-state index contributed by atoms with van der Waals surface area (Å²) in [6.07, 6.45) is 3.04. The monoisotopic (exact) mass is 343 g/mol. The first-order valence-electron chi connectivity index (χ1n) is 7.21. The van der Waals surface area contributed by atoms with Crippen LogP contribution in [0.15, 0.2) is 53.3 Å². The minimum Gasteiger partial charge on any atom is -0.313 e. The van der Waals surface area contributed by atoms with E-state index in [1.807, 2.05) is 24.5 Å². The Morgan fingerprint density at radius 1 is 1.19 bits per heavy atom. The van der Waals surface area contributed by atoms with Crippen LogP contribution in [-0.2, 0) is 6.54 Å². The number of hydrogen-bond donors (Lipinski definition) is 1. The number of nitrogens with one attached hydrogen (secondary N) is 1. The van der Waals surface area contributed by atoms with Gasteiger partial charge in [-0.25, -0.2) is 4.98 Å². The van der Waals surface area contributed by atoms with Gasteiger partial charge in [-0.2, -0.15) is 0 Å². The molecule has 0 unspecified atom stereocenters. The maximum Gasteiger partial charge on any atom is 0.100 e. The molecule has 0 radical (unpaired) electrons. The lowest BCUT2D eigenvalue weighted by molar-refractivity contribution is 0.673. The average molecular weight is 344 g/mol. The summed E-state index contributed by atoms with van der Waals surface area (Å²) >= 11 is 3.57. The summed E-state index contributed by atoms with van der Waals surface area (Å²) < 4.78 is 3.23. The quantitative estimate of drug-likeness (QED) is 0.700. The molecule has 0 aliphatic heterocycles. The van der Waals surface area contributed by atoms with E-state index in [4.69, 9.17) is 0 Å². The zero-order chi connectivity index (χ0) is 14.7. The van der Waals surface area contributed by atoms with Gasteiger partial charge in [-0.05, 0) is 42.8 Å². The Kier molecular flexibility index (Phi) is 4.36. The molecule has 1 aromatic heterocycles. The molecule has 3 aromatic rings. The molecule has 108 valence electrons. The summed E-state index contributed by atoms with van der Waals surface area (Å²) in [5.74, 6) is 0.